The molecule has 1 aromatic heterocycles. The Morgan fingerprint density at radius 1 is 1.35 bits per heavy atom. The summed E-state index contributed by atoms with van der Waals surface area (Å²) in [5, 5.41) is 0. The molecule has 0 spiro atoms. The summed E-state index contributed by atoms with van der Waals surface area (Å²) in [5.74, 6) is 0. The zero-order chi connectivity index (χ0) is 13.9. The van der Waals surface area contributed by atoms with Gasteiger partial charge in [0, 0.05) is 11.4 Å². The van der Waals surface area contributed by atoms with E-state index in [0.717, 1.165) is 22.3 Å². The van der Waals surface area contributed by atoms with E-state index < -0.39 is 0 Å². The lowest BCUT2D eigenvalue weighted by Gasteiger charge is -2.26. The average Bonchev–Trinajstić information content (AvgIpc) is 2.85. The Bertz CT molecular complexity index is 612. The number of fused-ring (bicyclic) bond motifs is 1. The molecule has 3 nitrogen and oxygen atoms in total. The van der Waals surface area contributed by atoms with Crippen molar-refractivity contribution >= 4 is 33.4 Å². The molecule has 0 bridgehead atoms. The minimum Gasteiger partial charge on any atom is -0.445 e. The van der Waals surface area contributed by atoms with Crippen LogP contribution in [0.15, 0.2) is 40.2 Å². The molecular formula is C15H14BrNO2S. The highest BCUT2D eigenvalue weighted by molar-refractivity contribution is 9.11. The maximum atomic E-state index is 12.1. The zero-order valence-electron chi connectivity index (χ0n) is 10.8. The fourth-order valence-electron chi connectivity index (χ4n) is 2.25. The largest absolute Gasteiger partial charge is 0.445 e. The summed E-state index contributed by atoms with van der Waals surface area (Å²) in [5.41, 5.74) is 2.35. The summed E-state index contributed by atoms with van der Waals surface area (Å²) < 4.78 is 6.50. The highest BCUT2D eigenvalue weighted by Crippen LogP contribution is 2.31. The maximum Gasteiger partial charge on any atom is 0.410 e. The van der Waals surface area contributed by atoms with Crippen molar-refractivity contribution in [3.8, 4) is 0 Å². The predicted molar refractivity (Wildman–Crippen MR) is 82.8 cm³/mol. The lowest BCUT2D eigenvalue weighted by atomic mass is 10.1. The quantitative estimate of drug-likeness (QED) is 0.811. The molecule has 5 heteroatoms. The molecule has 2 aromatic rings. The smallest absolute Gasteiger partial charge is 0.410 e. The minimum atomic E-state index is -0.232. The number of amides is 1. The Morgan fingerprint density at radius 3 is 2.95 bits per heavy atom. The number of benzene rings is 1. The van der Waals surface area contributed by atoms with Crippen LogP contribution in [0.2, 0.25) is 0 Å². The van der Waals surface area contributed by atoms with Gasteiger partial charge in [-0.1, -0.05) is 30.3 Å². The summed E-state index contributed by atoms with van der Waals surface area (Å²) in [6, 6.07) is 11.9. The van der Waals surface area contributed by atoms with Crippen molar-refractivity contribution in [2.24, 2.45) is 0 Å². The number of hydrogen-bond donors (Lipinski definition) is 0. The number of ether oxygens (including phenoxy) is 1. The third-order valence-corrected chi connectivity index (χ3v) is 4.98. The van der Waals surface area contributed by atoms with Gasteiger partial charge in [-0.2, -0.15) is 0 Å². The van der Waals surface area contributed by atoms with Crippen LogP contribution in [0.3, 0.4) is 0 Å². The van der Waals surface area contributed by atoms with E-state index in [4.69, 9.17) is 4.74 Å². The van der Waals surface area contributed by atoms with E-state index in [-0.39, 0.29) is 6.09 Å². The van der Waals surface area contributed by atoms with Gasteiger partial charge in [0.05, 0.1) is 10.3 Å². The molecule has 0 aliphatic carbocycles. The lowest BCUT2D eigenvalue weighted by Crippen LogP contribution is -2.35. The molecule has 0 saturated heterocycles. The van der Waals surface area contributed by atoms with Gasteiger partial charge in [0.25, 0.3) is 0 Å². The molecule has 0 fully saturated rings. The zero-order valence-corrected chi connectivity index (χ0v) is 13.2. The molecule has 0 saturated carbocycles. The van der Waals surface area contributed by atoms with Gasteiger partial charge in [-0.25, -0.2) is 4.79 Å². The first kappa shape index (κ1) is 13.6. The van der Waals surface area contributed by atoms with E-state index in [0.29, 0.717) is 13.2 Å². The van der Waals surface area contributed by atoms with Gasteiger partial charge in [0.2, 0.25) is 0 Å². The molecule has 0 atom stereocenters. The first-order chi connectivity index (χ1) is 9.72. The molecule has 1 aliphatic rings. The summed E-state index contributed by atoms with van der Waals surface area (Å²) >= 11 is 5.19. The van der Waals surface area contributed by atoms with E-state index >= 15 is 0 Å². The standard InChI is InChI=1S/C15H14BrNO2S/c16-14-8-12-6-7-17(9-13(12)20-14)15(18)19-10-11-4-2-1-3-5-11/h1-5,8H,6-7,9-10H2. The summed E-state index contributed by atoms with van der Waals surface area (Å²) in [4.78, 5) is 15.1. The molecule has 0 radical (unpaired) electrons. The number of carbonyl (C=O) groups is 1. The van der Waals surface area contributed by atoms with Gasteiger partial charge < -0.3 is 9.64 Å². The highest BCUT2D eigenvalue weighted by atomic mass is 79.9. The SMILES string of the molecule is O=C(OCc1ccccc1)N1CCc2cc(Br)sc2C1. The molecule has 0 unspecified atom stereocenters. The molecule has 2 heterocycles. The molecule has 1 amide bonds. The Morgan fingerprint density at radius 2 is 2.15 bits per heavy atom. The molecule has 1 aromatic carbocycles. The van der Waals surface area contributed by atoms with Crippen molar-refractivity contribution in [3.63, 3.8) is 0 Å². The van der Waals surface area contributed by atoms with Crippen molar-refractivity contribution in [2.75, 3.05) is 6.54 Å². The van der Waals surface area contributed by atoms with Crippen LogP contribution in [-0.4, -0.2) is 17.5 Å². The second kappa shape index (κ2) is 5.97. The maximum absolute atomic E-state index is 12.1. The van der Waals surface area contributed by atoms with Crippen molar-refractivity contribution in [1.82, 2.24) is 4.90 Å². The van der Waals surface area contributed by atoms with Gasteiger partial charge in [-0.3, -0.25) is 0 Å². The third kappa shape index (κ3) is 3.04. The van der Waals surface area contributed by atoms with Crippen LogP contribution in [0.5, 0.6) is 0 Å². The topological polar surface area (TPSA) is 29.5 Å². The number of carbonyl (C=O) groups excluding carboxylic acids is 1. The second-order valence-electron chi connectivity index (χ2n) is 4.71. The summed E-state index contributed by atoms with van der Waals surface area (Å²) in [7, 11) is 0. The summed E-state index contributed by atoms with van der Waals surface area (Å²) in [6.45, 7) is 1.71. The van der Waals surface area contributed by atoms with Crippen molar-refractivity contribution in [2.45, 2.75) is 19.6 Å². The Hall–Kier alpha value is -1.33. The number of rotatable bonds is 2. The van der Waals surface area contributed by atoms with E-state index in [2.05, 4.69) is 22.0 Å². The van der Waals surface area contributed by atoms with Crippen LogP contribution in [-0.2, 0) is 24.3 Å². The lowest BCUT2D eigenvalue weighted by molar-refractivity contribution is 0.0924. The normalized spacial score (nSPS) is 13.9. The number of thiophene rings is 1. The average molecular weight is 352 g/mol. The van der Waals surface area contributed by atoms with Crippen LogP contribution >= 0.6 is 27.3 Å². The van der Waals surface area contributed by atoms with Crippen molar-refractivity contribution < 1.29 is 9.53 Å². The van der Waals surface area contributed by atoms with Gasteiger partial charge >= 0.3 is 6.09 Å². The van der Waals surface area contributed by atoms with E-state index in [1.807, 2.05) is 30.3 Å². The third-order valence-electron chi connectivity index (χ3n) is 3.32. The molecule has 1 aliphatic heterocycles. The van der Waals surface area contributed by atoms with Crippen molar-refractivity contribution in [3.05, 3.63) is 56.2 Å². The van der Waals surface area contributed by atoms with Crippen LogP contribution < -0.4 is 0 Å². The highest BCUT2D eigenvalue weighted by Gasteiger charge is 2.23. The van der Waals surface area contributed by atoms with Gasteiger partial charge in [0.15, 0.2) is 0 Å². The fourth-order valence-corrected chi connectivity index (χ4v) is 4.06. The molecule has 3 rings (SSSR count). The number of hydrogen-bond acceptors (Lipinski definition) is 3. The Labute approximate surface area is 130 Å². The van der Waals surface area contributed by atoms with Crippen LogP contribution in [0.25, 0.3) is 0 Å². The van der Waals surface area contributed by atoms with Crippen molar-refractivity contribution in [1.29, 1.82) is 0 Å². The molecule has 20 heavy (non-hydrogen) atoms. The van der Waals surface area contributed by atoms with Gasteiger partial charge in [-0.15, -0.1) is 11.3 Å². The predicted octanol–water partition coefficient (Wildman–Crippen LogP) is 4.21. The van der Waals surface area contributed by atoms with Crippen LogP contribution in [0, 0.1) is 0 Å². The Kier molecular flexibility index (Phi) is 4.08. The van der Waals surface area contributed by atoms with Gasteiger partial charge in [0.1, 0.15) is 6.61 Å². The number of nitrogens with zero attached hydrogens (tertiary/aromatic N) is 1. The second-order valence-corrected chi connectivity index (χ2v) is 7.23. The monoisotopic (exact) mass is 351 g/mol. The molecular weight excluding hydrogens is 338 g/mol. The van der Waals surface area contributed by atoms with Gasteiger partial charge in [-0.05, 0) is 39.5 Å². The minimum absolute atomic E-state index is 0.232. The first-order valence-corrected chi connectivity index (χ1v) is 8.06. The van der Waals surface area contributed by atoms with Crippen LogP contribution in [0.4, 0.5) is 4.79 Å². The summed E-state index contributed by atoms with van der Waals surface area (Å²) in [6.07, 6.45) is 0.668. The molecule has 104 valence electrons. The Balaban J connectivity index is 1.59. The van der Waals surface area contributed by atoms with E-state index in [1.165, 1.54) is 10.4 Å². The molecule has 0 N–H and O–H groups in total. The van der Waals surface area contributed by atoms with Crippen LogP contribution in [0.1, 0.15) is 16.0 Å². The van der Waals surface area contributed by atoms with E-state index in [1.54, 1.807) is 16.2 Å². The first-order valence-electron chi connectivity index (χ1n) is 6.45. The number of halogens is 1. The fraction of sp³-hybridized carbons (Fsp3) is 0.267. The van der Waals surface area contributed by atoms with E-state index in [9.17, 15) is 4.79 Å².